The van der Waals surface area contributed by atoms with E-state index in [0.29, 0.717) is 34.0 Å². The summed E-state index contributed by atoms with van der Waals surface area (Å²) < 4.78 is 10.6. The molecule has 10 nitrogen and oxygen atoms in total. The Morgan fingerprint density at radius 3 is 2.65 bits per heavy atom. The number of fused-ring (bicyclic) bond motifs is 1. The third-order valence-electron chi connectivity index (χ3n) is 5.19. The molecule has 2 amide bonds. The quantitative estimate of drug-likeness (QED) is 0.344. The van der Waals surface area contributed by atoms with E-state index in [4.69, 9.17) is 9.47 Å². The van der Waals surface area contributed by atoms with Gasteiger partial charge in [-0.1, -0.05) is 24.3 Å². The number of rotatable bonds is 8. The highest BCUT2D eigenvalue weighted by Crippen LogP contribution is 2.32. The average Bonchev–Trinajstić information content (AvgIpc) is 3.30. The summed E-state index contributed by atoms with van der Waals surface area (Å²) in [6, 6.07) is 16.7. The molecule has 0 aliphatic carbocycles. The Kier molecular flexibility index (Phi) is 6.58. The summed E-state index contributed by atoms with van der Waals surface area (Å²) in [6.45, 7) is 1.96. The lowest BCUT2D eigenvalue weighted by atomic mass is 10.1. The SMILES string of the molecule is Cc1ccc(NC(=O)CNc2ccccc2C(=O)NCc2ccc3c(c2)OCO3)cc1[N+](=O)[O-]. The molecule has 3 aromatic carbocycles. The number of nitrogens with zero attached hydrogens (tertiary/aromatic N) is 1. The van der Waals surface area contributed by atoms with Crippen molar-refractivity contribution in [1.82, 2.24) is 5.32 Å². The molecule has 0 bridgehead atoms. The van der Waals surface area contributed by atoms with Gasteiger partial charge in [0.2, 0.25) is 12.7 Å². The molecule has 1 aliphatic rings. The fourth-order valence-corrected chi connectivity index (χ4v) is 3.43. The summed E-state index contributed by atoms with van der Waals surface area (Å²) in [7, 11) is 0. The number of para-hydroxylation sites is 1. The minimum atomic E-state index is -0.498. The maximum absolute atomic E-state index is 12.8. The first kappa shape index (κ1) is 22.6. The van der Waals surface area contributed by atoms with Gasteiger partial charge in [-0.3, -0.25) is 19.7 Å². The summed E-state index contributed by atoms with van der Waals surface area (Å²) >= 11 is 0. The number of aryl methyl sites for hydroxylation is 1. The predicted molar refractivity (Wildman–Crippen MR) is 125 cm³/mol. The lowest BCUT2D eigenvalue weighted by Gasteiger charge is -2.13. The molecular weight excluding hydrogens is 440 g/mol. The smallest absolute Gasteiger partial charge is 0.274 e. The molecule has 0 atom stereocenters. The van der Waals surface area contributed by atoms with E-state index in [2.05, 4.69) is 16.0 Å². The van der Waals surface area contributed by atoms with Crippen LogP contribution in [0.4, 0.5) is 17.1 Å². The van der Waals surface area contributed by atoms with Crippen LogP contribution in [0.3, 0.4) is 0 Å². The van der Waals surface area contributed by atoms with E-state index in [-0.39, 0.29) is 31.5 Å². The van der Waals surface area contributed by atoms with Gasteiger partial charge in [0, 0.05) is 29.5 Å². The van der Waals surface area contributed by atoms with E-state index in [1.54, 1.807) is 49.4 Å². The van der Waals surface area contributed by atoms with Gasteiger partial charge in [-0.15, -0.1) is 0 Å². The van der Waals surface area contributed by atoms with E-state index < -0.39 is 10.8 Å². The third kappa shape index (κ3) is 5.23. The van der Waals surface area contributed by atoms with Gasteiger partial charge in [0.15, 0.2) is 11.5 Å². The topological polar surface area (TPSA) is 132 Å². The Morgan fingerprint density at radius 2 is 1.82 bits per heavy atom. The molecule has 0 saturated carbocycles. The first-order chi connectivity index (χ1) is 16.4. The van der Waals surface area contributed by atoms with E-state index >= 15 is 0 Å². The molecule has 0 spiro atoms. The minimum Gasteiger partial charge on any atom is -0.454 e. The lowest BCUT2D eigenvalue weighted by Crippen LogP contribution is -2.26. The number of ether oxygens (including phenoxy) is 2. The van der Waals surface area contributed by atoms with Gasteiger partial charge < -0.3 is 25.4 Å². The standard InChI is InChI=1S/C24H22N4O6/c1-15-6-8-17(11-20(15)28(31)32)27-23(29)13-25-19-5-3-2-4-18(19)24(30)26-12-16-7-9-21-22(10-16)34-14-33-21/h2-11,25H,12-14H2,1H3,(H,26,30)(H,27,29). The van der Waals surface area contributed by atoms with Crippen molar-refractivity contribution in [2.45, 2.75) is 13.5 Å². The van der Waals surface area contributed by atoms with Gasteiger partial charge >= 0.3 is 0 Å². The fourth-order valence-electron chi connectivity index (χ4n) is 3.43. The number of amides is 2. The molecule has 3 aromatic rings. The summed E-state index contributed by atoms with van der Waals surface area (Å²) in [6.07, 6.45) is 0. The Hall–Kier alpha value is -4.60. The van der Waals surface area contributed by atoms with Crippen molar-refractivity contribution in [2.24, 2.45) is 0 Å². The Balaban J connectivity index is 1.35. The van der Waals surface area contributed by atoms with Crippen LogP contribution in [-0.4, -0.2) is 30.1 Å². The zero-order valence-electron chi connectivity index (χ0n) is 18.3. The number of carbonyl (C=O) groups is 2. The van der Waals surface area contributed by atoms with Crippen LogP contribution >= 0.6 is 0 Å². The van der Waals surface area contributed by atoms with Crippen molar-refractivity contribution in [1.29, 1.82) is 0 Å². The van der Waals surface area contributed by atoms with Crippen LogP contribution in [0, 0.1) is 17.0 Å². The largest absolute Gasteiger partial charge is 0.454 e. The van der Waals surface area contributed by atoms with Crippen LogP contribution in [0.1, 0.15) is 21.5 Å². The third-order valence-corrected chi connectivity index (χ3v) is 5.19. The monoisotopic (exact) mass is 462 g/mol. The van der Waals surface area contributed by atoms with Gasteiger partial charge in [-0.2, -0.15) is 0 Å². The molecule has 0 saturated heterocycles. The second-order valence-electron chi connectivity index (χ2n) is 7.58. The maximum Gasteiger partial charge on any atom is 0.274 e. The number of nitro groups is 1. The number of nitrogens with one attached hydrogen (secondary N) is 3. The normalized spacial score (nSPS) is 11.6. The lowest BCUT2D eigenvalue weighted by molar-refractivity contribution is -0.385. The first-order valence-corrected chi connectivity index (χ1v) is 10.5. The molecule has 1 heterocycles. The molecule has 10 heteroatoms. The predicted octanol–water partition coefficient (Wildman–Crippen LogP) is 3.61. The van der Waals surface area contributed by atoms with Gasteiger partial charge in [0.05, 0.1) is 17.0 Å². The van der Waals surface area contributed by atoms with Gasteiger partial charge in [-0.25, -0.2) is 0 Å². The Morgan fingerprint density at radius 1 is 1.03 bits per heavy atom. The molecule has 174 valence electrons. The highest BCUT2D eigenvalue weighted by atomic mass is 16.7. The van der Waals surface area contributed by atoms with E-state index in [9.17, 15) is 19.7 Å². The van der Waals surface area contributed by atoms with E-state index in [0.717, 1.165) is 5.56 Å². The van der Waals surface area contributed by atoms with Crippen molar-refractivity contribution in [3.63, 3.8) is 0 Å². The highest BCUT2D eigenvalue weighted by Gasteiger charge is 2.16. The molecule has 0 fully saturated rings. The number of hydrogen-bond acceptors (Lipinski definition) is 7. The molecule has 0 radical (unpaired) electrons. The van der Waals surface area contributed by atoms with Crippen molar-refractivity contribution in [3.8, 4) is 11.5 Å². The van der Waals surface area contributed by atoms with Crippen LogP contribution in [0.2, 0.25) is 0 Å². The minimum absolute atomic E-state index is 0.0739. The molecule has 0 unspecified atom stereocenters. The van der Waals surface area contributed by atoms with Crippen molar-refractivity contribution in [3.05, 3.63) is 87.5 Å². The van der Waals surface area contributed by atoms with Crippen LogP contribution in [0.5, 0.6) is 11.5 Å². The van der Waals surface area contributed by atoms with Gasteiger partial charge in [-0.05, 0) is 42.8 Å². The highest BCUT2D eigenvalue weighted by molar-refractivity contribution is 6.01. The number of benzene rings is 3. The first-order valence-electron chi connectivity index (χ1n) is 10.5. The number of nitro benzene ring substituents is 1. The van der Waals surface area contributed by atoms with Crippen molar-refractivity contribution >= 4 is 28.9 Å². The molecule has 0 aromatic heterocycles. The van der Waals surface area contributed by atoms with Crippen LogP contribution in [0.15, 0.2) is 60.7 Å². The summed E-state index contributed by atoms with van der Waals surface area (Å²) in [5.74, 6) is 0.589. The maximum atomic E-state index is 12.8. The van der Waals surface area contributed by atoms with Crippen LogP contribution < -0.4 is 25.4 Å². The summed E-state index contributed by atoms with van der Waals surface area (Å²) in [4.78, 5) is 35.7. The van der Waals surface area contributed by atoms with E-state index in [1.807, 2.05) is 12.1 Å². The second kappa shape index (κ2) is 9.90. The summed E-state index contributed by atoms with van der Waals surface area (Å²) in [5, 5.41) is 19.5. The van der Waals surface area contributed by atoms with Crippen molar-refractivity contribution < 1.29 is 24.0 Å². The fraction of sp³-hybridized carbons (Fsp3) is 0.167. The van der Waals surface area contributed by atoms with Crippen LogP contribution in [0.25, 0.3) is 0 Å². The Bertz CT molecular complexity index is 1260. The van der Waals surface area contributed by atoms with Gasteiger partial charge in [0.1, 0.15) is 0 Å². The second-order valence-corrected chi connectivity index (χ2v) is 7.58. The molecule has 4 rings (SSSR count). The van der Waals surface area contributed by atoms with E-state index in [1.165, 1.54) is 6.07 Å². The number of anilines is 2. The average molecular weight is 462 g/mol. The molecule has 3 N–H and O–H groups in total. The number of carbonyl (C=O) groups excluding carboxylic acids is 2. The molecule has 1 aliphatic heterocycles. The zero-order valence-corrected chi connectivity index (χ0v) is 18.3. The van der Waals surface area contributed by atoms with Gasteiger partial charge in [0.25, 0.3) is 11.6 Å². The Labute approximate surface area is 195 Å². The zero-order chi connectivity index (χ0) is 24.1. The van der Waals surface area contributed by atoms with Crippen LogP contribution in [-0.2, 0) is 11.3 Å². The summed E-state index contributed by atoms with van der Waals surface area (Å²) in [5.41, 5.74) is 2.46. The molecular formula is C24H22N4O6. The van der Waals surface area contributed by atoms with Crippen molar-refractivity contribution in [2.75, 3.05) is 24.0 Å². The number of hydrogen-bond donors (Lipinski definition) is 3. The molecule has 34 heavy (non-hydrogen) atoms.